The Morgan fingerprint density at radius 3 is 2.53 bits per heavy atom. The van der Waals surface area contributed by atoms with E-state index >= 15 is 0 Å². The van der Waals surface area contributed by atoms with Gasteiger partial charge in [-0.15, -0.1) is 0 Å². The summed E-state index contributed by atoms with van der Waals surface area (Å²) in [7, 11) is 0. The maximum atomic E-state index is 12.9. The molecule has 0 saturated heterocycles. The van der Waals surface area contributed by atoms with Gasteiger partial charge >= 0.3 is 5.97 Å². The van der Waals surface area contributed by atoms with Gasteiger partial charge in [0.25, 0.3) is 5.69 Å². The zero-order valence-corrected chi connectivity index (χ0v) is 17.5. The van der Waals surface area contributed by atoms with Crippen molar-refractivity contribution in [2.75, 3.05) is 0 Å². The van der Waals surface area contributed by atoms with Crippen LogP contribution >= 0.6 is 11.6 Å². The summed E-state index contributed by atoms with van der Waals surface area (Å²) in [6.07, 6.45) is 0.112. The van der Waals surface area contributed by atoms with Crippen molar-refractivity contribution in [3.63, 3.8) is 0 Å². The second-order valence-corrected chi connectivity index (χ2v) is 8.00. The fraction of sp³-hybridized carbons (Fsp3) is 0.364. The number of carbonyl (C=O) groups excluding carboxylic acids is 2. The van der Waals surface area contributed by atoms with E-state index in [9.17, 15) is 19.7 Å². The Bertz CT molecular complexity index is 962. The maximum Gasteiger partial charge on any atom is 0.308 e. The van der Waals surface area contributed by atoms with Crippen molar-refractivity contribution in [1.82, 2.24) is 5.32 Å². The van der Waals surface area contributed by atoms with Gasteiger partial charge in [-0.05, 0) is 37.8 Å². The average molecular weight is 431 g/mol. The lowest BCUT2D eigenvalue weighted by atomic mass is 10.0. The third-order valence-corrected chi connectivity index (χ3v) is 5.34. The minimum Gasteiger partial charge on any atom is -0.463 e. The van der Waals surface area contributed by atoms with Crippen LogP contribution < -0.4 is 5.32 Å². The number of nitrogens with one attached hydrogen (secondary N) is 1. The number of hydrogen-bond acceptors (Lipinski definition) is 5. The van der Waals surface area contributed by atoms with Crippen molar-refractivity contribution in [3.8, 4) is 0 Å². The molecule has 3 unspecified atom stereocenters. The first-order valence-electron chi connectivity index (χ1n) is 9.75. The third kappa shape index (κ3) is 5.16. The zero-order valence-electron chi connectivity index (χ0n) is 16.7. The number of rotatable bonds is 8. The van der Waals surface area contributed by atoms with E-state index in [4.69, 9.17) is 16.3 Å². The van der Waals surface area contributed by atoms with E-state index in [2.05, 4.69) is 5.32 Å². The van der Waals surface area contributed by atoms with Gasteiger partial charge in [-0.3, -0.25) is 19.7 Å². The molecule has 0 aromatic heterocycles. The molecule has 30 heavy (non-hydrogen) atoms. The number of ether oxygens (including phenoxy) is 1. The number of nitro benzene ring substituents is 1. The first-order valence-corrected chi connectivity index (χ1v) is 10.1. The van der Waals surface area contributed by atoms with Crippen LogP contribution in [-0.4, -0.2) is 22.9 Å². The van der Waals surface area contributed by atoms with Crippen molar-refractivity contribution in [2.45, 2.75) is 44.8 Å². The molecule has 2 aromatic rings. The highest BCUT2D eigenvalue weighted by Gasteiger charge is 2.45. The second kappa shape index (κ2) is 9.26. The molecule has 0 heterocycles. The SMILES string of the molecule is CC(C)OC(=O)CC(NC(=O)C1CC1c1ccccc1Cl)c1ccccc1[N+](=O)[O-]. The van der Waals surface area contributed by atoms with Gasteiger partial charge in [0, 0.05) is 17.0 Å². The monoisotopic (exact) mass is 430 g/mol. The average Bonchev–Trinajstić information content (AvgIpc) is 3.48. The number of carbonyl (C=O) groups is 2. The zero-order chi connectivity index (χ0) is 21.8. The molecule has 1 saturated carbocycles. The number of amides is 1. The van der Waals surface area contributed by atoms with Crippen LogP contribution in [0.1, 0.15) is 49.8 Å². The van der Waals surface area contributed by atoms with E-state index in [1.165, 1.54) is 6.07 Å². The van der Waals surface area contributed by atoms with E-state index in [1.807, 2.05) is 18.2 Å². The summed E-state index contributed by atoms with van der Waals surface area (Å²) in [5, 5.41) is 14.9. The molecule has 0 bridgehead atoms. The van der Waals surface area contributed by atoms with Gasteiger partial charge in [0.2, 0.25) is 5.91 Å². The Kier molecular flexibility index (Phi) is 6.72. The summed E-state index contributed by atoms with van der Waals surface area (Å²) >= 11 is 6.24. The minimum absolute atomic E-state index is 0.00674. The van der Waals surface area contributed by atoms with E-state index in [0.29, 0.717) is 11.4 Å². The molecule has 1 aliphatic rings. The highest BCUT2D eigenvalue weighted by atomic mass is 35.5. The van der Waals surface area contributed by atoms with Crippen LogP contribution in [0.15, 0.2) is 48.5 Å². The van der Waals surface area contributed by atoms with Gasteiger partial charge in [0.1, 0.15) is 0 Å². The lowest BCUT2D eigenvalue weighted by Crippen LogP contribution is -2.32. The highest BCUT2D eigenvalue weighted by molar-refractivity contribution is 6.31. The Balaban J connectivity index is 1.79. The Morgan fingerprint density at radius 2 is 1.87 bits per heavy atom. The summed E-state index contributed by atoms with van der Waals surface area (Å²) in [5.41, 5.74) is 1.02. The van der Waals surface area contributed by atoms with Crippen LogP contribution in [0.5, 0.6) is 0 Å². The van der Waals surface area contributed by atoms with Gasteiger partial charge in [-0.1, -0.05) is 48.0 Å². The number of nitro groups is 1. The second-order valence-electron chi connectivity index (χ2n) is 7.59. The van der Waals surface area contributed by atoms with Gasteiger partial charge in [-0.2, -0.15) is 0 Å². The molecule has 0 spiro atoms. The van der Waals surface area contributed by atoms with Crippen molar-refractivity contribution < 1.29 is 19.2 Å². The van der Waals surface area contributed by atoms with Crippen molar-refractivity contribution >= 4 is 29.2 Å². The van der Waals surface area contributed by atoms with Gasteiger partial charge in [-0.25, -0.2) is 0 Å². The molecule has 7 nitrogen and oxygen atoms in total. The molecule has 0 aliphatic heterocycles. The topological polar surface area (TPSA) is 98.5 Å². The molecule has 1 aliphatic carbocycles. The van der Waals surface area contributed by atoms with Crippen LogP contribution in [0.2, 0.25) is 5.02 Å². The van der Waals surface area contributed by atoms with Crippen molar-refractivity contribution in [1.29, 1.82) is 0 Å². The molecule has 3 rings (SSSR count). The molecule has 3 atom stereocenters. The van der Waals surface area contributed by atoms with Crippen molar-refractivity contribution in [2.24, 2.45) is 5.92 Å². The highest BCUT2D eigenvalue weighted by Crippen LogP contribution is 2.50. The Labute approximate surface area is 179 Å². The summed E-state index contributed by atoms with van der Waals surface area (Å²) in [6, 6.07) is 12.6. The summed E-state index contributed by atoms with van der Waals surface area (Å²) in [4.78, 5) is 36.1. The molecular weight excluding hydrogens is 408 g/mol. The molecule has 8 heteroatoms. The van der Waals surface area contributed by atoms with E-state index in [-0.39, 0.29) is 41.5 Å². The summed E-state index contributed by atoms with van der Waals surface area (Å²) in [6.45, 7) is 3.43. The molecule has 158 valence electrons. The molecule has 1 fully saturated rings. The smallest absolute Gasteiger partial charge is 0.308 e. The largest absolute Gasteiger partial charge is 0.463 e. The van der Waals surface area contributed by atoms with Gasteiger partial charge in [0.05, 0.1) is 29.1 Å². The maximum absolute atomic E-state index is 12.9. The number of hydrogen-bond donors (Lipinski definition) is 1. The normalized spacial score (nSPS) is 18.5. The van der Waals surface area contributed by atoms with E-state index in [1.54, 1.807) is 38.1 Å². The fourth-order valence-electron chi connectivity index (χ4n) is 3.55. The predicted octanol–water partition coefficient (Wildman–Crippen LogP) is 4.55. The van der Waals surface area contributed by atoms with Gasteiger partial charge < -0.3 is 10.1 Å². The van der Waals surface area contributed by atoms with Crippen LogP contribution in [0.25, 0.3) is 0 Å². The number of nitrogens with zero attached hydrogens (tertiary/aromatic N) is 1. The Morgan fingerprint density at radius 1 is 1.20 bits per heavy atom. The van der Waals surface area contributed by atoms with Gasteiger partial charge in [0.15, 0.2) is 0 Å². The van der Waals surface area contributed by atoms with E-state index in [0.717, 1.165) is 5.56 Å². The number of para-hydroxylation sites is 1. The molecule has 1 amide bonds. The quantitative estimate of drug-likeness (QED) is 0.376. The summed E-state index contributed by atoms with van der Waals surface area (Å²) < 4.78 is 5.19. The number of esters is 1. The molecule has 0 radical (unpaired) electrons. The lowest BCUT2D eigenvalue weighted by Gasteiger charge is -2.19. The van der Waals surface area contributed by atoms with Crippen LogP contribution in [0, 0.1) is 16.0 Å². The number of halogens is 1. The first-order chi connectivity index (χ1) is 14.3. The minimum atomic E-state index is -0.863. The lowest BCUT2D eigenvalue weighted by molar-refractivity contribution is -0.385. The van der Waals surface area contributed by atoms with Crippen LogP contribution in [-0.2, 0) is 14.3 Å². The summed E-state index contributed by atoms with van der Waals surface area (Å²) in [5.74, 6) is -1.10. The molecule has 2 aromatic carbocycles. The Hall–Kier alpha value is -2.93. The van der Waals surface area contributed by atoms with Crippen LogP contribution in [0.4, 0.5) is 5.69 Å². The van der Waals surface area contributed by atoms with E-state index < -0.39 is 16.9 Å². The number of benzene rings is 2. The molecular formula is C22H23ClN2O5. The molecule has 1 N–H and O–H groups in total. The first kappa shape index (κ1) is 21.8. The predicted molar refractivity (Wildman–Crippen MR) is 112 cm³/mol. The van der Waals surface area contributed by atoms with Crippen LogP contribution in [0.3, 0.4) is 0 Å². The fourth-order valence-corrected chi connectivity index (χ4v) is 3.82. The van der Waals surface area contributed by atoms with Crippen molar-refractivity contribution in [3.05, 3.63) is 74.8 Å². The third-order valence-electron chi connectivity index (χ3n) is 5.00. The standard InChI is InChI=1S/C22H23ClN2O5/c1-13(2)30-21(26)12-19(15-8-4-6-10-20(15)25(28)29)24-22(27)17-11-16(17)14-7-3-5-9-18(14)23/h3-10,13,16-17,19H,11-12H2,1-2H3,(H,24,27).